The van der Waals surface area contributed by atoms with Gasteiger partial charge in [0.05, 0.1) is 33.5 Å². The molecular weight excluding hydrogens is 765 g/mol. The van der Waals surface area contributed by atoms with Crippen molar-refractivity contribution in [3.63, 3.8) is 0 Å². The number of benzene rings is 8. The molecule has 3 heterocycles. The van der Waals surface area contributed by atoms with E-state index < -0.39 is 0 Å². The van der Waals surface area contributed by atoms with Crippen LogP contribution in [0.1, 0.15) is 18.3 Å². The topological polar surface area (TPSA) is 35.6 Å². The molecule has 0 saturated carbocycles. The lowest BCUT2D eigenvalue weighted by Gasteiger charge is -2.12. The Hall–Kier alpha value is -8.34. The SMILES string of the molecule is C=C(/C=C\C(=C/C)c1nc(-c2ccc3c(c2)c2ccccc2n3-c2ccccc2)cc(-c2ccc3c4ccccc4n(-c4ccccc4)c3c2)n1)c1cccc(-c2ccccc2)c1. The van der Waals surface area contributed by atoms with Gasteiger partial charge in [0, 0.05) is 49.6 Å². The average Bonchev–Trinajstić information content (AvgIpc) is 3.87. The van der Waals surface area contributed by atoms with Crippen molar-refractivity contribution in [2.45, 2.75) is 6.92 Å². The Morgan fingerprint density at radius 2 is 0.937 bits per heavy atom. The monoisotopic (exact) mass is 806 g/mol. The number of hydrogen-bond donors (Lipinski definition) is 0. The molecule has 0 N–H and O–H groups in total. The van der Waals surface area contributed by atoms with Crippen molar-refractivity contribution >= 4 is 54.8 Å². The second-order valence-electron chi connectivity index (χ2n) is 15.9. The van der Waals surface area contributed by atoms with Crippen molar-refractivity contribution in [1.82, 2.24) is 19.1 Å². The van der Waals surface area contributed by atoms with Crippen molar-refractivity contribution in [2.24, 2.45) is 0 Å². The van der Waals surface area contributed by atoms with Crippen LogP contribution in [0.4, 0.5) is 0 Å². The van der Waals surface area contributed by atoms with Gasteiger partial charge in [-0.2, -0.15) is 0 Å². The summed E-state index contributed by atoms with van der Waals surface area (Å²) < 4.78 is 4.70. The summed E-state index contributed by atoms with van der Waals surface area (Å²) in [6.45, 7) is 6.53. The highest BCUT2D eigenvalue weighted by atomic mass is 15.0. The first-order chi connectivity index (χ1) is 31.1. The Morgan fingerprint density at radius 1 is 0.413 bits per heavy atom. The number of fused-ring (bicyclic) bond motifs is 6. The smallest absolute Gasteiger partial charge is 0.160 e. The fraction of sp³-hybridized carbons (Fsp3) is 0.0169. The highest BCUT2D eigenvalue weighted by Gasteiger charge is 2.18. The lowest BCUT2D eigenvalue weighted by molar-refractivity contribution is 1.13. The van der Waals surface area contributed by atoms with Gasteiger partial charge in [0.15, 0.2) is 5.82 Å². The van der Waals surface area contributed by atoms with Gasteiger partial charge in [0.25, 0.3) is 0 Å². The lowest BCUT2D eigenvalue weighted by Crippen LogP contribution is -1.99. The molecule has 298 valence electrons. The summed E-state index contributed by atoms with van der Waals surface area (Å²) in [4.78, 5) is 10.7. The second-order valence-corrected chi connectivity index (χ2v) is 15.9. The third kappa shape index (κ3) is 6.84. The van der Waals surface area contributed by atoms with Crippen LogP contribution in [0.25, 0.3) is 99.8 Å². The van der Waals surface area contributed by atoms with Gasteiger partial charge in [-0.1, -0.05) is 164 Å². The predicted octanol–water partition coefficient (Wildman–Crippen LogP) is 15.3. The highest BCUT2D eigenvalue weighted by Crippen LogP contribution is 2.38. The molecule has 0 spiro atoms. The number of aromatic nitrogens is 4. The van der Waals surface area contributed by atoms with Crippen LogP contribution >= 0.6 is 0 Å². The van der Waals surface area contributed by atoms with Crippen LogP contribution < -0.4 is 0 Å². The Labute approximate surface area is 366 Å². The van der Waals surface area contributed by atoms with Crippen LogP contribution in [-0.2, 0) is 0 Å². The molecule has 0 saturated heterocycles. The molecule has 63 heavy (non-hydrogen) atoms. The van der Waals surface area contributed by atoms with Crippen molar-refractivity contribution < 1.29 is 0 Å². The number of allylic oxidation sites excluding steroid dienone is 5. The minimum Gasteiger partial charge on any atom is -0.309 e. The predicted molar refractivity (Wildman–Crippen MR) is 265 cm³/mol. The van der Waals surface area contributed by atoms with Gasteiger partial charge in [0.2, 0.25) is 0 Å². The molecule has 3 aromatic heterocycles. The largest absolute Gasteiger partial charge is 0.309 e. The molecular formula is C59H42N4. The maximum absolute atomic E-state index is 5.35. The molecule has 0 amide bonds. The maximum atomic E-state index is 5.35. The van der Waals surface area contributed by atoms with E-state index in [4.69, 9.17) is 9.97 Å². The number of rotatable bonds is 9. The summed E-state index contributed by atoms with van der Waals surface area (Å²) in [7, 11) is 0. The van der Waals surface area contributed by atoms with Crippen molar-refractivity contribution in [3.8, 4) is 45.0 Å². The Balaban J connectivity index is 1.07. The highest BCUT2D eigenvalue weighted by molar-refractivity contribution is 6.11. The van der Waals surface area contributed by atoms with Gasteiger partial charge in [-0.3, -0.25) is 0 Å². The molecule has 0 aliphatic heterocycles. The van der Waals surface area contributed by atoms with E-state index in [2.05, 4.69) is 234 Å². The van der Waals surface area contributed by atoms with E-state index >= 15 is 0 Å². The third-order valence-corrected chi connectivity index (χ3v) is 12.1. The zero-order chi connectivity index (χ0) is 42.3. The zero-order valence-electron chi connectivity index (χ0n) is 34.9. The molecule has 0 unspecified atom stereocenters. The number of para-hydroxylation sites is 4. The minimum absolute atomic E-state index is 0.641. The van der Waals surface area contributed by atoms with Gasteiger partial charge in [-0.05, 0) is 95.9 Å². The van der Waals surface area contributed by atoms with Crippen LogP contribution in [-0.4, -0.2) is 19.1 Å². The molecule has 0 fully saturated rings. The lowest BCUT2D eigenvalue weighted by atomic mass is 9.99. The maximum Gasteiger partial charge on any atom is 0.160 e. The molecule has 0 aliphatic rings. The van der Waals surface area contributed by atoms with E-state index in [-0.39, 0.29) is 0 Å². The average molecular weight is 807 g/mol. The summed E-state index contributed by atoms with van der Waals surface area (Å²) in [5, 5.41) is 4.77. The molecule has 0 radical (unpaired) electrons. The van der Waals surface area contributed by atoms with E-state index in [1.54, 1.807) is 0 Å². The summed E-state index contributed by atoms with van der Waals surface area (Å²) in [6.07, 6.45) is 6.25. The Bertz CT molecular complexity index is 3570. The van der Waals surface area contributed by atoms with Gasteiger partial charge in [-0.15, -0.1) is 0 Å². The molecule has 4 heteroatoms. The van der Waals surface area contributed by atoms with E-state index in [9.17, 15) is 0 Å². The van der Waals surface area contributed by atoms with Gasteiger partial charge < -0.3 is 9.13 Å². The Morgan fingerprint density at radius 3 is 1.60 bits per heavy atom. The number of hydrogen-bond acceptors (Lipinski definition) is 2. The normalized spacial score (nSPS) is 12.0. The van der Waals surface area contributed by atoms with Crippen LogP contribution in [0.15, 0.2) is 231 Å². The number of nitrogens with zero attached hydrogens (tertiary/aromatic N) is 4. The van der Waals surface area contributed by atoms with E-state index in [1.807, 2.05) is 13.0 Å². The minimum atomic E-state index is 0.641. The summed E-state index contributed by atoms with van der Waals surface area (Å²) in [5.41, 5.74) is 15.8. The summed E-state index contributed by atoms with van der Waals surface area (Å²) in [6, 6.07) is 73.0. The molecule has 4 nitrogen and oxygen atoms in total. The van der Waals surface area contributed by atoms with Crippen molar-refractivity contribution in [2.75, 3.05) is 0 Å². The summed E-state index contributed by atoms with van der Waals surface area (Å²) >= 11 is 0. The van der Waals surface area contributed by atoms with Crippen LogP contribution in [0, 0.1) is 0 Å². The third-order valence-electron chi connectivity index (χ3n) is 12.1. The molecule has 11 rings (SSSR count). The molecule has 0 aliphatic carbocycles. The zero-order valence-corrected chi connectivity index (χ0v) is 34.9. The fourth-order valence-electron chi connectivity index (χ4n) is 8.96. The van der Waals surface area contributed by atoms with E-state index in [1.165, 1.54) is 32.6 Å². The van der Waals surface area contributed by atoms with Crippen LogP contribution in [0.5, 0.6) is 0 Å². The molecule has 11 aromatic rings. The van der Waals surface area contributed by atoms with Crippen LogP contribution in [0.3, 0.4) is 0 Å². The standard InChI is InChI=1S/C59H42N4/c1-3-41(31-30-40(2)43-20-17-21-44(36-43)42-18-7-4-8-19-42)59-60-53(45-33-35-57-52(37-45)50-27-14-16-29-56(50)62(57)47-22-9-5-10-23-47)39-54(61-59)46-32-34-51-49-26-13-15-28-55(49)63(58(51)38-46)48-24-11-6-12-25-48/h3-39H,2H2,1H3/b31-30-,41-3+. The van der Waals surface area contributed by atoms with Crippen molar-refractivity contribution in [3.05, 3.63) is 242 Å². The first-order valence-corrected chi connectivity index (χ1v) is 21.4. The van der Waals surface area contributed by atoms with E-state index in [0.717, 1.165) is 72.7 Å². The second kappa shape index (κ2) is 15.9. The summed E-state index contributed by atoms with van der Waals surface area (Å²) in [5.74, 6) is 0.641. The fourth-order valence-corrected chi connectivity index (χ4v) is 8.96. The van der Waals surface area contributed by atoms with E-state index in [0.29, 0.717) is 5.82 Å². The first-order valence-electron chi connectivity index (χ1n) is 21.4. The quantitative estimate of drug-likeness (QED) is 0.136. The van der Waals surface area contributed by atoms with Gasteiger partial charge in [-0.25, -0.2) is 9.97 Å². The van der Waals surface area contributed by atoms with Crippen LogP contribution in [0.2, 0.25) is 0 Å². The molecule has 0 bridgehead atoms. The first kappa shape index (κ1) is 37.6. The van der Waals surface area contributed by atoms with Gasteiger partial charge >= 0.3 is 0 Å². The van der Waals surface area contributed by atoms with Gasteiger partial charge in [0.1, 0.15) is 0 Å². The Kier molecular flexibility index (Phi) is 9.52. The molecule has 8 aromatic carbocycles. The molecule has 0 atom stereocenters. The van der Waals surface area contributed by atoms with Crippen molar-refractivity contribution in [1.29, 1.82) is 0 Å².